The van der Waals surface area contributed by atoms with Crippen molar-refractivity contribution in [2.75, 3.05) is 38.6 Å². The van der Waals surface area contributed by atoms with Crippen LogP contribution < -0.4 is 5.32 Å². The Morgan fingerprint density at radius 1 is 1.05 bits per heavy atom. The normalized spacial score (nSPS) is 16.8. The number of methoxy groups -OCH3 is 1. The minimum absolute atomic E-state index is 0.122. The van der Waals surface area contributed by atoms with Crippen molar-refractivity contribution in [1.29, 1.82) is 0 Å². The lowest BCUT2D eigenvalue weighted by atomic mass is 9.99. The Kier molecular flexibility index (Phi) is 8.16. The first-order chi connectivity index (χ1) is 20.3. The first-order valence-corrected chi connectivity index (χ1v) is 17.1. The van der Waals surface area contributed by atoms with E-state index in [9.17, 15) is 18.0 Å². The molecule has 1 N–H and O–H groups in total. The van der Waals surface area contributed by atoms with Crippen molar-refractivity contribution in [3.8, 4) is 10.6 Å². The molecule has 220 valence electrons. The molecule has 9 nitrogen and oxygen atoms in total. The van der Waals surface area contributed by atoms with E-state index in [4.69, 9.17) is 9.72 Å². The van der Waals surface area contributed by atoms with Crippen molar-refractivity contribution in [3.05, 3.63) is 64.5 Å². The third-order valence-electron chi connectivity index (χ3n) is 8.06. The Bertz CT molecular complexity index is 1710. The number of para-hydroxylation sites is 1. The van der Waals surface area contributed by atoms with E-state index in [0.717, 1.165) is 51.8 Å². The first kappa shape index (κ1) is 28.9. The van der Waals surface area contributed by atoms with Gasteiger partial charge in [-0.25, -0.2) is 13.4 Å². The Morgan fingerprint density at radius 2 is 1.79 bits per heavy atom. The third kappa shape index (κ3) is 5.49. The Hall–Kier alpha value is -3.16. The van der Waals surface area contributed by atoms with Gasteiger partial charge in [0.25, 0.3) is 5.91 Å². The fourth-order valence-corrected chi connectivity index (χ4v) is 9.49. The molecule has 6 rings (SSSR count). The van der Waals surface area contributed by atoms with Crippen molar-refractivity contribution in [1.82, 2.24) is 14.2 Å². The predicted octanol–water partition coefficient (Wildman–Crippen LogP) is 5.23. The molecule has 4 aromatic rings. The SMILES string of the molecule is CCN1CCc2c(sc(NC(=O)c3ccc(S(=O)(=O)N4CCC(C(=O)OC)CC4)cc3)c2-c2nc3ccccc3s2)C1. The van der Waals surface area contributed by atoms with E-state index in [1.807, 2.05) is 18.2 Å². The number of thiophene rings is 1. The minimum atomic E-state index is -3.74. The number of thiazole rings is 1. The van der Waals surface area contributed by atoms with E-state index in [0.29, 0.717) is 18.4 Å². The lowest BCUT2D eigenvalue weighted by molar-refractivity contribution is -0.146. The second-order valence-electron chi connectivity index (χ2n) is 10.5. The van der Waals surface area contributed by atoms with Gasteiger partial charge in [-0.1, -0.05) is 19.1 Å². The van der Waals surface area contributed by atoms with Gasteiger partial charge in [0.1, 0.15) is 10.0 Å². The van der Waals surface area contributed by atoms with Crippen molar-refractivity contribution < 1.29 is 22.7 Å². The maximum absolute atomic E-state index is 13.5. The summed E-state index contributed by atoms with van der Waals surface area (Å²) in [4.78, 5) is 33.9. The summed E-state index contributed by atoms with van der Waals surface area (Å²) >= 11 is 3.22. The van der Waals surface area contributed by atoms with Crippen LogP contribution in [-0.4, -0.2) is 67.8 Å². The van der Waals surface area contributed by atoms with Crippen LogP contribution in [0.2, 0.25) is 0 Å². The average Bonchev–Trinajstić information content (AvgIpc) is 3.60. The highest BCUT2D eigenvalue weighted by Crippen LogP contribution is 2.45. The smallest absolute Gasteiger partial charge is 0.308 e. The predicted molar refractivity (Wildman–Crippen MR) is 165 cm³/mol. The first-order valence-electron chi connectivity index (χ1n) is 14.0. The van der Waals surface area contributed by atoms with Gasteiger partial charge in [0, 0.05) is 42.2 Å². The maximum Gasteiger partial charge on any atom is 0.308 e. The molecule has 2 aromatic heterocycles. The van der Waals surface area contributed by atoms with Gasteiger partial charge in [0.2, 0.25) is 10.0 Å². The molecule has 2 aromatic carbocycles. The van der Waals surface area contributed by atoms with Gasteiger partial charge >= 0.3 is 5.97 Å². The molecule has 2 aliphatic rings. The van der Waals surface area contributed by atoms with Crippen LogP contribution in [0.15, 0.2) is 53.4 Å². The van der Waals surface area contributed by atoms with Crippen LogP contribution in [0, 0.1) is 5.92 Å². The van der Waals surface area contributed by atoms with Crippen LogP contribution in [0.4, 0.5) is 5.00 Å². The highest BCUT2D eigenvalue weighted by atomic mass is 32.2. The summed E-state index contributed by atoms with van der Waals surface area (Å²) in [5.41, 5.74) is 3.55. The van der Waals surface area contributed by atoms with Crippen LogP contribution in [-0.2, 0) is 32.5 Å². The molecular weight excluding hydrogens is 593 g/mol. The lowest BCUT2D eigenvalue weighted by Crippen LogP contribution is -2.40. The molecule has 1 fully saturated rings. The Morgan fingerprint density at radius 3 is 2.48 bits per heavy atom. The number of piperidine rings is 1. The van der Waals surface area contributed by atoms with E-state index < -0.39 is 10.0 Å². The van der Waals surface area contributed by atoms with Crippen molar-refractivity contribution >= 4 is 59.8 Å². The molecule has 0 bridgehead atoms. The number of carbonyl (C=O) groups is 2. The van der Waals surface area contributed by atoms with Gasteiger partial charge in [0.15, 0.2) is 0 Å². The van der Waals surface area contributed by atoms with Crippen molar-refractivity contribution in [2.24, 2.45) is 5.92 Å². The standard InChI is InChI=1S/C30H32N4O5S3/c1-3-33-15-14-22-25(18-33)41-29(26(22)28-31-23-6-4-5-7-24(23)40-28)32-27(35)19-8-10-21(11-9-19)42(37,38)34-16-12-20(13-17-34)30(36)39-2/h4-11,20H,3,12-18H2,1-2H3,(H,32,35). The van der Waals surface area contributed by atoms with Gasteiger partial charge in [0.05, 0.1) is 28.1 Å². The second kappa shape index (κ2) is 11.8. The molecule has 0 saturated carbocycles. The topological polar surface area (TPSA) is 109 Å². The molecule has 0 spiro atoms. The second-order valence-corrected chi connectivity index (χ2v) is 14.6. The van der Waals surface area contributed by atoms with Crippen LogP contribution in [0.3, 0.4) is 0 Å². The molecule has 2 aliphatic heterocycles. The van der Waals surface area contributed by atoms with Gasteiger partial charge in [-0.15, -0.1) is 22.7 Å². The van der Waals surface area contributed by atoms with Crippen LogP contribution in [0.25, 0.3) is 20.8 Å². The molecule has 42 heavy (non-hydrogen) atoms. The number of amides is 1. The summed E-state index contributed by atoms with van der Waals surface area (Å²) in [6, 6.07) is 14.1. The number of carbonyl (C=O) groups excluding carboxylic acids is 2. The number of likely N-dealkylation sites (N-methyl/N-ethyl adjacent to an activating group) is 1. The summed E-state index contributed by atoms with van der Waals surface area (Å²) < 4.78 is 33.8. The monoisotopic (exact) mass is 624 g/mol. The van der Waals surface area contributed by atoms with E-state index >= 15 is 0 Å². The number of anilines is 1. The molecule has 0 aliphatic carbocycles. The van der Waals surface area contributed by atoms with Crippen molar-refractivity contribution in [2.45, 2.75) is 37.6 Å². The molecule has 0 unspecified atom stereocenters. The summed E-state index contributed by atoms with van der Waals surface area (Å²) in [6.07, 6.45) is 1.73. The van der Waals surface area contributed by atoms with E-state index in [-0.39, 0.29) is 35.8 Å². The molecule has 0 atom stereocenters. The number of sulfonamides is 1. The quantitative estimate of drug-likeness (QED) is 0.281. The zero-order valence-electron chi connectivity index (χ0n) is 23.5. The number of hydrogen-bond acceptors (Lipinski definition) is 9. The fourth-order valence-electron chi connectivity index (χ4n) is 5.62. The summed E-state index contributed by atoms with van der Waals surface area (Å²) in [5, 5.41) is 4.79. The van der Waals surface area contributed by atoms with E-state index in [1.54, 1.807) is 34.8 Å². The molecule has 1 amide bonds. The number of nitrogens with zero attached hydrogens (tertiary/aromatic N) is 3. The van der Waals surface area contributed by atoms with E-state index in [2.05, 4.69) is 23.2 Å². The van der Waals surface area contributed by atoms with Crippen LogP contribution in [0.1, 0.15) is 40.6 Å². The third-order valence-corrected chi connectivity index (χ3v) is 12.2. The van der Waals surface area contributed by atoms with Crippen LogP contribution in [0.5, 0.6) is 0 Å². The summed E-state index contributed by atoms with van der Waals surface area (Å²) in [5.74, 6) is -0.887. The van der Waals surface area contributed by atoms with Gasteiger partial charge in [-0.05, 0) is 67.8 Å². The largest absolute Gasteiger partial charge is 0.469 e. The molecule has 0 radical (unpaired) electrons. The van der Waals surface area contributed by atoms with Gasteiger partial charge in [-0.3, -0.25) is 14.5 Å². The molecular formula is C30H32N4O5S3. The van der Waals surface area contributed by atoms with Gasteiger partial charge in [-0.2, -0.15) is 4.31 Å². The summed E-state index contributed by atoms with van der Waals surface area (Å²) in [7, 11) is -2.40. The average molecular weight is 625 g/mol. The minimum Gasteiger partial charge on any atom is -0.469 e. The number of fused-ring (bicyclic) bond motifs is 2. The number of benzene rings is 2. The number of esters is 1. The molecule has 1 saturated heterocycles. The van der Waals surface area contributed by atoms with Gasteiger partial charge < -0.3 is 10.1 Å². The lowest BCUT2D eigenvalue weighted by Gasteiger charge is -2.29. The number of nitrogens with one attached hydrogen (secondary N) is 1. The molecule has 12 heteroatoms. The zero-order valence-corrected chi connectivity index (χ0v) is 25.9. The molecule has 4 heterocycles. The number of aromatic nitrogens is 1. The number of rotatable bonds is 7. The van der Waals surface area contributed by atoms with E-state index in [1.165, 1.54) is 34.0 Å². The number of hydrogen-bond donors (Lipinski definition) is 1. The highest BCUT2D eigenvalue weighted by molar-refractivity contribution is 7.89. The highest BCUT2D eigenvalue weighted by Gasteiger charge is 2.33. The maximum atomic E-state index is 13.5. The zero-order chi connectivity index (χ0) is 29.4. The summed E-state index contributed by atoms with van der Waals surface area (Å²) in [6.45, 7) is 5.42. The van der Waals surface area contributed by atoms with Crippen molar-refractivity contribution in [3.63, 3.8) is 0 Å². The van der Waals surface area contributed by atoms with Crippen LogP contribution >= 0.6 is 22.7 Å². The Balaban J connectivity index is 1.23. The fraction of sp³-hybridized carbons (Fsp3) is 0.367. The number of ether oxygens (including phenoxy) is 1. The Labute approximate surface area is 253 Å².